The highest BCUT2D eigenvalue weighted by atomic mass is 19.1. The van der Waals surface area contributed by atoms with E-state index in [1.807, 2.05) is 6.07 Å². The van der Waals surface area contributed by atoms with Crippen molar-refractivity contribution in [2.75, 3.05) is 33.7 Å². The predicted molar refractivity (Wildman–Crippen MR) is 80.8 cm³/mol. The molecule has 1 aromatic rings. The minimum atomic E-state index is -0.167. The maximum absolute atomic E-state index is 13.4. The number of likely N-dealkylation sites (tertiary alicyclic amines) is 1. The fourth-order valence-electron chi connectivity index (χ4n) is 3.03. The highest BCUT2D eigenvalue weighted by Gasteiger charge is 2.20. The van der Waals surface area contributed by atoms with Crippen LogP contribution in [0.2, 0.25) is 0 Å². The molecule has 0 radical (unpaired) electrons. The molecule has 3 nitrogen and oxygen atoms in total. The molecule has 1 heterocycles. The van der Waals surface area contributed by atoms with Crippen molar-refractivity contribution in [2.24, 2.45) is 11.7 Å². The van der Waals surface area contributed by atoms with Gasteiger partial charge in [-0.2, -0.15) is 0 Å². The first-order chi connectivity index (χ1) is 9.58. The lowest BCUT2D eigenvalue weighted by Crippen LogP contribution is -2.36. The summed E-state index contributed by atoms with van der Waals surface area (Å²) in [6.07, 6.45) is 2.46. The number of hydrogen-bond acceptors (Lipinski definition) is 3. The Bertz CT molecular complexity index is 426. The summed E-state index contributed by atoms with van der Waals surface area (Å²) >= 11 is 0. The van der Waals surface area contributed by atoms with E-state index in [9.17, 15) is 4.39 Å². The third-order valence-corrected chi connectivity index (χ3v) is 4.11. The molecule has 1 saturated heterocycles. The number of nitrogens with zero attached hydrogens (tertiary/aromatic N) is 2. The summed E-state index contributed by atoms with van der Waals surface area (Å²) in [6.45, 7) is 4.66. The summed E-state index contributed by atoms with van der Waals surface area (Å²) in [7, 11) is 4.26. The van der Waals surface area contributed by atoms with Gasteiger partial charge in [-0.3, -0.25) is 4.90 Å². The molecule has 0 aromatic heterocycles. The fraction of sp³-hybridized carbons (Fsp3) is 0.625. The number of nitrogens with two attached hydrogens (primary N) is 1. The first kappa shape index (κ1) is 15.4. The number of benzene rings is 1. The van der Waals surface area contributed by atoms with Crippen LogP contribution in [0.5, 0.6) is 0 Å². The van der Waals surface area contributed by atoms with Crippen molar-refractivity contribution in [1.29, 1.82) is 0 Å². The molecule has 0 bridgehead atoms. The van der Waals surface area contributed by atoms with E-state index in [2.05, 4.69) is 23.9 Å². The largest absolute Gasteiger partial charge is 0.326 e. The van der Waals surface area contributed by atoms with E-state index in [-0.39, 0.29) is 5.82 Å². The van der Waals surface area contributed by atoms with E-state index in [0.29, 0.717) is 6.54 Å². The molecule has 1 aromatic carbocycles. The van der Waals surface area contributed by atoms with Crippen LogP contribution in [-0.4, -0.2) is 43.5 Å². The van der Waals surface area contributed by atoms with Gasteiger partial charge in [-0.25, -0.2) is 4.39 Å². The van der Waals surface area contributed by atoms with Gasteiger partial charge in [0.25, 0.3) is 0 Å². The van der Waals surface area contributed by atoms with Crippen molar-refractivity contribution < 1.29 is 4.39 Å². The van der Waals surface area contributed by atoms with Gasteiger partial charge in [0.15, 0.2) is 0 Å². The maximum atomic E-state index is 13.4. The lowest BCUT2D eigenvalue weighted by atomic mass is 9.95. The van der Waals surface area contributed by atoms with Crippen LogP contribution in [0, 0.1) is 11.7 Å². The van der Waals surface area contributed by atoms with E-state index < -0.39 is 0 Å². The van der Waals surface area contributed by atoms with Crippen molar-refractivity contribution in [1.82, 2.24) is 9.80 Å². The van der Waals surface area contributed by atoms with Crippen LogP contribution in [0.3, 0.4) is 0 Å². The molecule has 1 fully saturated rings. The summed E-state index contributed by atoms with van der Waals surface area (Å²) in [5.74, 6) is 0.627. The number of rotatable bonds is 5. The Morgan fingerprint density at radius 3 is 2.55 bits per heavy atom. The van der Waals surface area contributed by atoms with Gasteiger partial charge in [0.1, 0.15) is 5.82 Å². The molecular weight excluding hydrogens is 253 g/mol. The summed E-state index contributed by atoms with van der Waals surface area (Å²) in [6, 6.07) is 4.94. The Morgan fingerprint density at radius 2 is 1.95 bits per heavy atom. The molecule has 1 aliphatic rings. The molecule has 0 spiro atoms. The molecule has 0 amide bonds. The van der Waals surface area contributed by atoms with Gasteiger partial charge in [-0.05, 0) is 69.2 Å². The Labute approximate surface area is 121 Å². The average Bonchev–Trinajstić information content (AvgIpc) is 2.41. The quantitative estimate of drug-likeness (QED) is 0.895. The zero-order chi connectivity index (χ0) is 14.5. The summed E-state index contributed by atoms with van der Waals surface area (Å²) in [4.78, 5) is 4.68. The van der Waals surface area contributed by atoms with Gasteiger partial charge in [0.2, 0.25) is 0 Å². The normalized spacial score (nSPS) is 17.9. The second-order valence-electron chi connectivity index (χ2n) is 6.10. The monoisotopic (exact) mass is 279 g/mol. The molecule has 2 rings (SSSR count). The molecule has 20 heavy (non-hydrogen) atoms. The van der Waals surface area contributed by atoms with Crippen LogP contribution in [-0.2, 0) is 13.1 Å². The Kier molecular flexibility index (Phi) is 5.52. The van der Waals surface area contributed by atoms with Crippen LogP contribution in [0.1, 0.15) is 24.0 Å². The molecule has 0 atom stereocenters. The van der Waals surface area contributed by atoms with Gasteiger partial charge in [0, 0.05) is 19.6 Å². The smallest absolute Gasteiger partial charge is 0.123 e. The van der Waals surface area contributed by atoms with E-state index in [0.717, 1.165) is 36.7 Å². The van der Waals surface area contributed by atoms with E-state index in [1.54, 1.807) is 6.07 Å². The first-order valence-electron chi connectivity index (χ1n) is 7.43. The van der Waals surface area contributed by atoms with Crippen LogP contribution in [0.25, 0.3) is 0 Å². The van der Waals surface area contributed by atoms with Gasteiger partial charge in [-0.1, -0.05) is 6.07 Å². The van der Waals surface area contributed by atoms with Gasteiger partial charge in [0.05, 0.1) is 0 Å². The number of piperidine rings is 1. The van der Waals surface area contributed by atoms with Crippen molar-refractivity contribution in [3.05, 3.63) is 35.1 Å². The lowest BCUT2D eigenvalue weighted by molar-refractivity contribution is 0.156. The molecule has 4 heteroatoms. The first-order valence-corrected chi connectivity index (χ1v) is 7.43. The second kappa shape index (κ2) is 7.16. The SMILES string of the molecule is CN(C)CC1CCN(Cc2cc(F)ccc2CN)CC1. The fourth-order valence-corrected chi connectivity index (χ4v) is 3.03. The Balaban J connectivity index is 1.91. The second-order valence-corrected chi connectivity index (χ2v) is 6.10. The molecule has 0 unspecified atom stereocenters. The zero-order valence-electron chi connectivity index (χ0n) is 12.6. The molecule has 0 saturated carbocycles. The molecule has 1 aliphatic heterocycles. The highest BCUT2D eigenvalue weighted by molar-refractivity contribution is 5.27. The van der Waals surface area contributed by atoms with Crippen LogP contribution < -0.4 is 5.73 Å². The number of hydrogen-bond donors (Lipinski definition) is 1. The van der Waals surface area contributed by atoms with Crippen molar-refractivity contribution in [2.45, 2.75) is 25.9 Å². The lowest BCUT2D eigenvalue weighted by Gasteiger charge is -2.33. The third-order valence-electron chi connectivity index (χ3n) is 4.11. The van der Waals surface area contributed by atoms with E-state index in [1.165, 1.54) is 25.5 Å². The van der Waals surface area contributed by atoms with Crippen LogP contribution in [0.4, 0.5) is 4.39 Å². The van der Waals surface area contributed by atoms with E-state index in [4.69, 9.17) is 5.73 Å². The van der Waals surface area contributed by atoms with Crippen molar-refractivity contribution >= 4 is 0 Å². The van der Waals surface area contributed by atoms with Gasteiger partial charge < -0.3 is 10.6 Å². The Hall–Kier alpha value is -0.970. The van der Waals surface area contributed by atoms with Crippen molar-refractivity contribution in [3.8, 4) is 0 Å². The van der Waals surface area contributed by atoms with E-state index >= 15 is 0 Å². The van der Waals surface area contributed by atoms with Gasteiger partial charge in [-0.15, -0.1) is 0 Å². The summed E-state index contributed by atoms with van der Waals surface area (Å²) in [5, 5.41) is 0. The maximum Gasteiger partial charge on any atom is 0.123 e. The third kappa shape index (κ3) is 4.27. The predicted octanol–water partition coefficient (Wildman–Crippen LogP) is 2.06. The molecule has 112 valence electrons. The van der Waals surface area contributed by atoms with Crippen LogP contribution >= 0.6 is 0 Å². The topological polar surface area (TPSA) is 32.5 Å². The molecule has 0 aliphatic carbocycles. The van der Waals surface area contributed by atoms with Gasteiger partial charge >= 0.3 is 0 Å². The van der Waals surface area contributed by atoms with Crippen molar-refractivity contribution in [3.63, 3.8) is 0 Å². The molecular formula is C16H26FN3. The zero-order valence-corrected chi connectivity index (χ0v) is 12.6. The highest BCUT2D eigenvalue weighted by Crippen LogP contribution is 2.21. The average molecular weight is 279 g/mol. The minimum absolute atomic E-state index is 0.167. The standard InChI is InChI=1S/C16H26FN3/c1-19(2)11-13-5-7-20(8-6-13)12-15-9-16(17)4-3-14(15)10-18/h3-4,9,13H,5-8,10-12,18H2,1-2H3. The number of halogens is 1. The Morgan fingerprint density at radius 1 is 1.25 bits per heavy atom. The summed E-state index contributed by atoms with van der Waals surface area (Å²) < 4.78 is 13.4. The minimum Gasteiger partial charge on any atom is -0.326 e. The van der Waals surface area contributed by atoms with Crippen LogP contribution in [0.15, 0.2) is 18.2 Å². The molecule has 2 N–H and O–H groups in total. The summed E-state index contributed by atoms with van der Waals surface area (Å²) in [5.41, 5.74) is 7.83.